The van der Waals surface area contributed by atoms with Gasteiger partial charge < -0.3 is 34.3 Å². The molecule has 0 bridgehead atoms. The Bertz CT molecular complexity index is 1350. The molecule has 1 saturated carbocycles. The van der Waals surface area contributed by atoms with Crippen LogP contribution in [0.25, 0.3) is 0 Å². The molecular weight excluding hydrogens is 598 g/mol. The molecule has 10 heteroatoms. The predicted molar refractivity (Wildman–Crippen MR) is 181 cm³/mol. The second kappa shape index (κ2) is 16.7. The maximum Gasteiger partial charge on any atom is 0.258 e. The van der Waals surface area contributed by atoms with Crippen LogP contribution in [0, 0.1) is 11.8 Å². The molecule has 0 saturated heterocycles. The van der Waals surface area contributed by atoms with E-state index in [1.54, 1.807) is 17.0 Å². The van der Waals surface area contributed by atoms with Crippen molar-refractivity contribution in [3.63, 3.8) is 0 Å². The summed E-state index contributed by atoms with van der Waals surface area (Å²) in [5.41, 5.74) is 2.09. The number of aliphatic hydroxyl groups excluding tert-OH is 1. The lowest BCUT2D eigenvalue weighted by Gasteiger charge is -2.36. The number of carbonyl (C=O) groups excluding carboxylic acids is 2. The molecule has 1 fully saturated rings. The zero-order valence-electron chi connectivity index (χ0n) is 28.5. The van der Waals surface area contributed by atoms with Gasteiger partial charge in [-0.25, -0.2) is 0 Å². The van der Waals surface area contributed by atoms with Crippen molar-refractivity contribution in [3.8, 4) is 17.2 Å². The van der Waals surface area contributed by atoms with Gasteiger partial charge in [0.25, 0.3) is 5.91 Å². The number of rotatable bonds is 8. The van der Waals surface area contributed by atoms with Crippen LogP contribution in [0.15, 0.2) is 36.4 Å². The molecule has 258 valence electrons. The van der Waals surface area contributed by atoms with E-state index in [1.165, 1.54) is 6.42 Å². The SMILES string of the molecule is C[C@@H]1CCCCO[C@H](CN(C)Cc2ccc3c(c2)OCO3)[C@@H](C)CN([C@H](C)CO)C(=O)c2cc(NC(=O)C3CCCCC3)ccc2O1. The largest absolute Gasteiger partial charge is 0.490 e. The lowest BCUT2D eigenvalue weighted by atomic mass is 9.88. The van der Waals surface area contributed by atoms with Crippen LogP contribution in [0.1, 0.15) is 88.1 Å². The zero-order valence-corrected chi connectivity index (χ0v) is 28.5. The van der Waals surface area contributed by atoms with E-state index in [2.05, 4.69) is 30.3 Å². The molecule has 2 aromatic rings. The summed E-state index contributed by atoms with van der Waals surface area (Å²) in [6.45, 7) is 8.41. The van der Waals surface area contributed by atoms with Crippen molar-refractivity contribution in [2.45, 2.75) is 96.9 Å². The number of nitrogens with one attached hydrogen (secondary N) is 1. The summed E-state index contributed by atoms with van der Waals surface area (Å²) in [6.07, 6.45) is 7.49. The number of fused-ring (bicyclic) bond motifs is 2. The number of ether oxygens (including phenoxy) is 4. The van der Waals surface area contributed by atoms with Gasteiger partial charge in [0.1, 0.15) is 5.75 Å². The van der Waals surface area contributed by atoms with E-state index in [1.807, 2.05) is 32.0 Å². The average molecular weight is 652 g/mol. The Kier molecular flexibility index (Phi) is 12.4. The van der Waals surface area contributed by atoms with Gasteiger partial charge in [-0.3, -0.25) is 14.5 Å². The number of benzene rings is 2. The summed E-state index contributed by atoms with van der Waals surface area (Å²) >= 11 is 0. The first kappa shape index (κ1) is 35.0. The molecule has 4 atom stereocenters. The van der Waals surface area contributed by atoms with Crippen molar-refractivity contribution >= 4 is 17.5 Å². The molecule has 2 aromatic carbocycles. The second-order valence-electron chi connectivity index (χ2n) is 13.7. The third-order valence-electron chi connectivity index (χ3n) is 9.68. The second-order valence-corrected chi connectivity index (χ2v) is 13.7. The van der Waals surface area contributed by atoms with E-state index in [9.17, 15) is 14.7 Å². The normalized spacial score (nSPS) is 23.5. The van der Waals surface area contributed by atoms with Crippen molar-refractivity contribution in [1.82, 2.24) is 9.80 Å². The monoisotopic (exact) mass is 651 g/mol. The number of hydrogen-bond acceptors (Lipinski definition) is 8. The molecular formula is C37H53N3O7. The third-order valence-corrected chi connectivity index (χ3v) is 9.68. The minimum Gasteiger partial charge on any atom is -0.490 e. The van der Waals surface area contributed by atoms with Gasteiger partial charge in [0.05, 0.1) is 30.4 Å². The van der Waals surface area contributed by atoms with Crippen LogP contribution in [0.2, 0.25) is 0 Å². The van der Waals surface area contributed by atoms with Crippen molar-refractivity contribution < 1.29 is 33.6 Å². The molecule has 2 N–H and O–H groups in total. The molecule has 0 spiro atoms. The van der Waals surface area contributed by atoms with Crippen molar-refractivity contribution in [2.24, 2.45) is 11.8 Å². The summed E-state index contributed by atoms with van der Waals surface area (Å²) in [5.74, 6) is 1.76. The van der Waals surface area contributed by atoms with Gasteiger partial charge in [0.15, 0.2) is 11.5 Å². The molecule has 0 unspecified atom stereocenters. The van der Waals surface area contributed by atoms with E-state index in [4.69, 9.17) is 18.9 Å². The lowest BCUT2D eigenvalue weighted by molar-refractivity contribution is -0.120. The Morgan fingerprint density at radius 1 is 1.00 bits per heavy atom. The maximum atomic E-state index is 14.4. The van der Waals surface area contributed by atoms with Gasteiger partial charge >= 0.3 is 0 Å². The molecule has 2 aliphatic heterocycles. The standard InChI is InChI=1S/C37H53N3O7/c1-25-20-40(26(2)23-41)37(43)31-19-30(38-36(42)29-11-6-5-7-12-29)14-16-32(31)47-27(3)10-8-9-17-44-35(25)22-39(4)21-28-13-15-33-34(18-28)46-24-45-33/h13-16,18-19,25-27,29,35,41H,5-12,17,20-24H2,1-4H3,(H,38,42)/t25-,26+,27+,35+/m0/s1. The minimum absolute atomic E-state index is 0.00346. The zero-order chi connectivity index (χ0) is 33.3. The Morgan fingerprint density at radius 2 is 1.74 bits per heavy atom. The predicted octanol–water partition coefficient (Wildman–Crippen LogP) is 5.86. The summed E-state index contributed by atoms with van der Waals surface area (Å²) in [6, 6.07) is 11.0. The van der Waals surface area contributed by atoms with Gasteiger partial charge in [0, 0.05) is 43.8 Å². The molecule has 0 radical (unpaired) electrons. The van der Waals surface area contributed by atoms with Crippen molar-refractivity contribution in [3.05, 3.63) is 47.5 Å². The number of carbonyl (C=O) groups is 2. The van der Waals surface area contributed by atoms with Gasteiger partial charge in [-0.1, -0.05) is 32.3 Å². The molecule has 2 amide bonds. The number of amides is 2. The molecule has 2 heterocycles. The molecule has 10 nitrogen and oxygen atoms in total. The van der Waals surface area contributed by atoms with Crippen LogP contribution in [-0.2, 0) is 16.1 Å². The highest BCUT2D eigenvalue weighted by molar-refractivity contribution is 6.00. The summed E-state index contributed by atoms with van der Waals surface area (Å²) < 4.78 is 23.9. The highest BCUT2D eigenvalue weighted by Crippen LogP contribution is 2.33. The van der Waals surface area contributed by atoms with E-state index >= 15 is 0 Å². The molecule has 3 aliphatic rings. The van der Waals surface area contributed by atoms with Crippen LogP contribution >= 0.6 is 0 Å². The van der Waals surface area contributed by atoms with Crippen molar-refractivity contribution in [1.29, 1.82) is 0 Å². The van der Waals surface area contributed by atoms with E-state index in [-0.39, 0.29) is 49.3 Å². The fourth-order valence-electron chi connectivity index (χ4n) is 6.79. The average Bonchev–Trinajstić information content (AvgIpc) is 3.54. The van der Waals surface area contributed by atoms with Gasteiger partial charge in [0.2, 0.25) is 12.7 Å². The fraction of sp³-hybridized carbons (Fsp3) is 0.622. The molecule has 47 heavy (non-hydrogen) atoms. The molecule has 5 rings (SSSR count). The molecule has 0 aromatic heterocycles. The first-order valence-electron chi connectivity index (χ1n) is 17.4. The highest BCUT2D eigenvalue weighted by atomic mass is 16.7. The topological polar surface area (TPSA) is 110 Å². The maximum absolute atomic E-state index is 14.4. The fourth-order valence-corrected chi connectivity index (χ4v) is 6.79. The number of likely N-dealkylation sites (N-methyl/N-ethyl adjacent to an activating group) is 1. The Labute approximate surface area is 279 Å². The number of nitrogens with zero attached hydrogens (tertiary/aromatic N) is 2. The Balaban J connectivity index is 1.36. The van der Waals surface area contributed by atoms with Crippen LogP contribution in [0.5, 0.6) is 17.2 Å². The summed E-state index contributed by atoms with van der Waals surface area (Å²) in [7, 11) is 2.07. The van der Waals surface area contributed by atoms with Crippen molar-refractivity contribution in [2.75, 3.05) is 45.5 Å². The van der Waals surface area contributed by atoms with Gasteiger partial charge in [-0.05, 0) is 88.9 Å². The Morgan fingerprint density at radius 3 is 2.53 bits per heavy atom. The van der Waals surface area contributed by atoms with Crippen LogP contribution in [0.4, 0.5) is 5.69 Å². The number of aliphatic hydroxyl groups is 1. The highest BCUT2D eigenvalue weighted by Gasteiger charge is 2.31. The van der Waals surface area contributed by atoms with Gasteiger partial charge in [-0.15, -0.1) is 0 Å². The quantitative estimate of drug-likeness (QED) is 0.365. The van der Waals surface area contributed by atoms with Gasteiger partial charge in [-0.2, -0.15) is 0 Å². The first-order valence-corrected chi connectivity index (χ1v) is 17.4. The molecule has 1 aliphatic carbocycles. The summed E-state index contributed by atoms with van der Waals surface area (Å²) in [4.78, 5) is 31.5. The van der Waals surface area contributed by atoms with Crippen LogP contribution in [-0.4, -0.2) is 85.1 Å². The van der Waals surface area contributed by atoms with Crippen LogP contribution in [0.3, 0.4) is 0 Å². The Hall–Kier alpha value is -3.34. The minimum atomic E-state index is -0.435. The lowest BCUT2D eigenvalue weighted by Crippen LogP contribution is -2.47. The summed E-state index contributed by atoms with van der Waals surface area (Å²) in [5, 5.41) is 13.3. The van der Waals surface area contributed by atoms with E-state index in [0.29, 0.717) is 43.2 Å². The number of anilines is 1. The first-order chi connectivity index (χ1) is 22.7. The third kappa shape index (κ3) is 9.39. The number of hydrogen-bond donors (Lipinski definition) is 2. The van der Waals surface area contributed by atoms with Crippen LogP contribution < -0.4 is 19.5 Å². The smallest absolute Gasteiger partial charge is 0.258 e. The van der Waals surface area contributed by atoms with E-state index in [0.717, 1.165) is 62.0 Å². The van der Waals surface area contributed by atoms with E-state index < -0.39 is 6.04 Å².